The molecule has 188 valence electrons. The largest absolute Gasteiger partial charge is 0.494 e. The Morgan fingerprint density at radius 2 is 1.56 bits per heavy atom. The highest BCUT2D eigenvalue weighted by Gasteiger charge is 2.15. The van der Waals surface area contributed by atoms with E-state index >= 15 is 0 Å². The molecule has 0 aliphatic carbocycles. The molecule has 2 N–H and O–H groups in total. The molecule has 0 saturated heterocycles. The van der Waals surface area contributed by atoms with Crippen molar-refractivity contribution in [2.24, 2.45) is 0 Å². The lowest BCUT2D eigenvalue weighted by Gasteiger charge is -2.13. The van der Waals surface area contributed by atoms with Crippen LogP contribution in [-0.2, 0) is 11.3 Å². The monoisotopic (exact) mass is 486 g/mol. The number of amides is 2. The van der Waals surface area contributed by atoms with Crippen LogP contribution >= 0.6 is 0 Å². The smallest absolute Gasteiger partial charge is 0.268 e. The molecule has 36 heavy (non-hydrogen) atoms. The van der Waals surface area contributed by atoms with Gasteiger partial charge in [-0.1, -0.05) is 55.8 Å². The summed E-state index contributed by atoms with van der Waals surface area (Å²) < 4.78 is 11.4. The third-order valence-electron chi connectivity index (χ3n) is 5.23. The van der Waals surface area contributed by atoms with E-state index in [-0.39, 0.29) is 23.6 Å². The minimum absolute atomic E-state index is 0.0634. The van der Waals surface area contributed by atoms with E-state index in [2.05, 4.69) is 17.6 Å². The van der Waals surface area contributed by atoms with E-state index in [1.807, 2.05) is 68.4 Å². The highest BCUT2D eigenvalue weighted by molar-refractivity contribution is 6.05. The summed E-state index contributed by atoms with van der Waals surface area (Å²) >= 11 is 0. The van der Waals surface area contributed by atoms with Crippen LogP contribution in [0.2, 0.25) is 0 Å². The number of carbonyl (C=O) groups is 2. The molecule has 3 rings (SSSR count). The summed E-state index contributed by atoms with van der Waals surface area (Å²) in [5, 5.41) is 5.66. The van der Waals surface area contributed by atoms with Crippen molar-refractivity contribution in [2.75, 3.05) is 6.61 Å². The van der Waals surface area contributed by atoms with Crippen molar-refractivity contribution in [3.63, 3.8) is 0 Å². The molecule has 0 spiro atoms. The zero-order valence-electron chi connectivity index (χ0n) is 21.1. The predicted molar refractivity (Wildman–Crippen MR) is 143 cm³/mol. The van der Waals surface area contributed by atoms with Crippen molar-refractivity contribution >= 4 is 17.9 Å². The molecule has 0 radical (unpaired) electrons. The van der Waals surface area contributed by atoms with Crippen LogP contribution in [-0.4, -0.2) is 24.5 Å². The number of ether oxygens (including phenoxy) is 2. The van der Waals surface area contributed by atoms with Crippen molar-refractivity contribution in [1.82, 2.24) is 10.6 Å². The Labute approximate surface area is 213 Å². The molecule has 6 heteroatoms. The Kier molecular flexibility index (Phi) is 10.1. The molecule has 0 heterocycles. The van der Waals surface area contributed by atoms with Crippen LogP contribution in [0.25, 0.3) is 6.08 Å². The van der Waals surface area contributed by atoms with Gasteiger partial charge in [0.05, 0.1) is 12.7 Å². The number of hydrogen-bond acceptors (Lipinski definition) is 4. The van der Waals surface area contributed by atoms with Gasteiger partial charge < -0.3 is 20.1 Å². The first-order chi connectivity index (χ1) is 17.4. The molecule has 3 aromatic carbocycles. The van der Waals surface area contributed by atoms with Gasteiger partial charge in [0.25, 0.3) is 11.8 Å². The van der Waals surface area contributed by atoms with Crippen molar-refractivity contribution in [2.45, 2.75) is 46.3 Å². The minimum Gasteiger partial charge on any atom is -0.494 e. The van der Waals surface area contributed by atoms with Gasteiger partial charge in [-0.2, -0.15) is 0 Å². The highest BCUT2D eigenvalue weighted by atomic mass is 16.5. The molecule has 0 unspecified atom stereocenters. The second kappa shape index (κ2) is 13.7. The van der Waals surface area contributed by atoms with E-state index in [9.17, 15) is 9.59 Å². The first kappa shape index (κ1) is 26.5. The molecule has 0 saturated carbocycles. The average molecular weight is 487 g/mol. The van der Waals surface area contributed by atoms with Gasteiger partial charge in [-0.05, 0) is 73.9 Å². The summed E-state index contributed by atoms with van der Waals surface area (Å²) in [6.07, 6.45) is 3.74. The fourth-order valence-corrected chi connectivity index (χ4v) is 3.34. The van der Waals surface area contributed by atoms with Gasteiger partial charge in [-0.15, -0.1) is 0 Å². The van der Waals surface area contributed by atoms with Crippen LogP contribution in [0.5, 0.6) is 11.5 Å². The van der Waals surface area contributed by atoms with Gasteiger partial charge in [0.2, 0.25) is 0 Å². The SMILES string of the molecule is CCCCOc1ccc(C(=O)NC(=Cc2ccc(OC(C)C)cc2)C(=O)NCc2ccccc2)cc1. The zero-order valence-corrected chi connectivity index (χ0v) is 21.1. The number of hydrogen-bond donors (Lipinski definition) is 2. The summed E-state index contributed by atoms with van der Waals surface area (Å²) in [6, 6.07) is 23.9. The summed E-state index contributed by atoms with van der Waals surface area (Å²) in [5.74, 6) is 0.688. The van der Waals surface area contributed by atoms with E-state index in [1.165, 1.54) is 0 Å². The van der Waals surface area contributed by atoms with E-state index in [0.717, 1.165) is 29.7 Å². The average Bonchev–Trinajstić information content (AvgIpc) is 2.89. The van der Waals surface area contributed by atoms with Gasteiger partial charge in [-0.25, -0.2) is 0 Å². The maximum Gasteiger partial charge on any atom is 0.268 e. The normalized spacial score (nSPS) is 11.2. The number of rotatable bonds is 12. The summed E-state index contributed by atoms with van der Waals surface area (Å²) in [5.41, 5.74) is 2.30. The Bertz CT molecular complexity index is 1140. The second-order valence-electron chi connectivity index (χ2n) is 8.64. The molecule has 2 amide bonds. The number of nitrogens with one attached hydrogen (secondary N) is 2. The number of carbonyl (C=O) groups excluding carboxylic acids is 2. The minimum atomic E-state index is -0.380. The molecule has 0 aromatic heterocycles. The number of unbranched alkanes of at least 4 members (excludes halogenated alkanes) is 1. The fraction of sp³-hybridized carbons (Fsp3) is 0.267. The maximum absolute atomic E-state index is 13.1. The van der Waals surface area contributed by atoms with Crippen molar-refractivity contribution in [3.05, 3.63) is 101 Å². The summed E-state index contributed by atoms with van der Waals surface area (Å²) in [4.78, 5) is 26.0. The fourth-order valence-electron chi connectivity index (χ4n) is 3.34. The lowest BCUT2D eigenvalue weighted by Crippen LogP contribution is -2.34. The molecule has 6 nitrogen and oxygen atoms in total. The predicted octanol–water partition coefficient (Wildman–Crippen LogP) is 5.74. The van der Waals surface area contributed by atoms with E-state index in [1.54, 1.807) is 30.3 Å². The Balaban J connectivity index is 1.75. The van der Waals surface area contributed by atoms with Crippen LogP contribution in [0.1, 0.15) is 55.1 Å². The molecule has 0 aliphatic rings. The maximum atomic E-state index is 13.1. The van der Waals surface area contributed by atoms with E-state index in [0.29, 0.717) is 24.5 Å². The third kappa shape index (κ3) is 8.62. The third-order valence-corrected chi connectivity index (χ3v) is 5.23. The highest BCUT2D eigenvalue weighted by Crippen LogP contribution is 2.17. The Hall–Kier alpha value is -4.06. The molecular formula is C30H34N2O4. The second-order valence-corrected chi connectivity index (χ2v) is 8.64. The lowest BCUT2D eigenvalue weighted by atomic mass is 10.1. The van der Waals surface area contributed by atoms with Crippen LogP contribution in [0, 0.1) is 0 Å². The van der Waals surface area contributed by atoms with Gasteiger partial charge in [0, 0.05) is 12.1 Å². The molecule has 0 bridgehead atoms. The topological polar surface area (TPSA) is 76.7 Å². The molecular weight excluding hydrogens is 452 g/mol. The van der Waals surface area contributed by atoms with Gasteiger partial charge in [0.1, 0.15) is 17.2 Å². The molecule has 0 aliphatic heterocycles. The van der Waals surface area contributed by atoms with Crippen molar-refractivity contribution in [3.8, 4) is 11.5 Å². The van der Waals surface area contributed by atoms with Crippen molar-refractivity contribution in [1.29, 1.82) is 0 Å². The van der Waals surface area contributed by atoms with Crippen LogP contribution < -0.4 is 20.1 Å². The molecule has 0 fully saturated rings. The lowest BCUT2D eigenvalue weighted by molar-refractivity contribution is -0.117. The van der Waals surface area contributed by atoms with Gasteiger partial charge >= 0.3 is 0 Å². The van der Waals surface area contributed by atoms with E-state index in [4.69, 9.17) is 9.47 Å². The van der Waals surface area contributed by atoms with Crippen LogP contribution in [0.4, 0.5) is 0 Å². The van der Waals surface area contributed by atoms with E-state index < -0.39 is 0 Å². The van der Waals surface area contributed by atoms with Gasteiger partial charge in [0.15, 0.2) is 0 Å². The summed E-state index contributed by atoms with van der Waals surface area (Å²) in [7, 11) is 0. The Morgan fingerprint density at radius 3 is 2.19 bits per heavy atom. The standard InChI is InChI=1S/C30H34N2O4/c1-4-5-19-35-26-17-13-25(14-18-26)29(33)32-28(30(34)31-21-24-9-7-6-8-10-24)20-23-11-15-27(16-12-23)36-22(2)3/h6-18,20,22H,4-5,19,21H2,1-3H3,(H,31,34)(H,32,33). The van der Waals surface area contributed by atoms with Crippen molar-refractivity contribution < 1.29 is 19.1 Å². The summed E-state index contributed by atoms with van der Waals surface area (Å²) in [6.45, 7) is 7.01. The molecule has 0 atom stereocenters. The van der Waals surface area contributed by atoms with Gasteiger partial charge in [-0.3, -0.25) is 9.59 Å². The molecule has 3 aromatic rings. The first-order valence-corrected chi connectivity index (χ1v) is 12.3. The number of benzene rings is 3. The zero-order chi connectivity index (χ0) is 25.8. The van der Waals surface area contributed by atoms with Crippen LogP contribution in [0.3, 0.4) is 0 Å². The van der Waals surface area contributed by atoms with Crippen LogP contribution in [0.15, 0.2) is 84.6 Å². The first-order valence-electron chi connectivity index (χ1n) is 12.3. The quantitative estimate of drug-likeness (QED) is 0.253. The Morgan fingerprint density at radius 1 is 0.889 bits per heavy atom.